The lowest BCUT2D eigenvalue weighted by molar-refractivity contribution is 0.992. The van der Waals surface area contributed by atoms with Crippen LogP contribution in [0.15, 0.2) is 12.1 Å². The lowest BCUT2D eigenvalue weighted by atomic mass is 10.3. The number of nitrogens with zero attached hydrogens (tertiary/aromatic N) is 2. The fourth-order valence-electron chi connectivity index (χ4n) is 1.07. The smallest absolute Gasteiger partial charge is 0.183 e. The molecule has 2 heterocycles. The molecule has 5 heteroatoms. The average molecular weight is 163 g/mol. The van der Waals surface area contributed by atoms with Crippen molar-refractivity contribution in [2.45, 2.75) is 6.54 Å². The first-order valence-corrected chi connectivity index (χ1v) is 3.61. The van der Waals surface area contributed by atoms with Crippen molar-refractivity contribution in [3.63, 3.8) is 0 Å². The van der Waals surface area contributed by atoms with Gasteiger partial charge in [0, 0.05) is 6.54 Å². The summed E-state index contributed by atoms with van der Waals surface area (Å²) in [5, 5.41) is 7.40. The van der Waals surface area contributed by atoms with Crippen LogP contribution in [0.25, 0.3) is 11.0 Å². The zero-order valence-electron chi connectivity index (χ0n) is 6.41. The maximum atomic E-state index is 5.58. The first kappa shape index (κ1) is 7.05. The molecule has 0 atom stereocenters. The molecule has 62 valence electrons. The standard InChI is InChI=1S/C7H9N5/c8-3-4-1-2-5-6(9)11-12-7(5)10-4/h1-2H,3,8H2,(H3,9,10,11,12). The number of hydrogen-bond acceptors (Lipinski definition) is 4. The van der Waals surface area contributed by atoms with Crippen LogP contribution in [-0.4, -0.2) is 15.2 Å². The summed E-state index contributed by atoms with van der Waals surface area (Å²) in [5.41, 5.74) is 12.4. The number of rotatable bonds is 1. The van der Waals surface area contributed by atoms with E-state index < -0.39 is 0 Å². The minimum absolute atomic E-state index is 0.419. The van der Waals surface area contributed by atoms with Crippen molar-refractivity contribution in [3.8, 4) is 0 Å². The molecule has 5 nitrogen and oxygen atoms in total. The number of nitrogens with two attached hydrogens (primary N) is 2. The van der Waals surface area contributed by atoms with Crippen molar-refractivity contribution in [1.82, 2.24) is 15.2 Å². The van der Waals surface area contributed by atoms with E-state index in [0.29, 0.717) is 18.0 Å². The first-order valence-electron chi connectivity index (χ1n) is 3.61. The number of H-pyrrole nitrogens is 1. The van der Waals surface area contributed by atoms with Crippen molar-refractivity contribution in [2.75, 3.05) is 5.73 Å². The van der Waals surface area contributed by atoms with Gasteiger partial charge in [0.05, 0.1) is 11.1 Å². The fourth-order valence-corrected chi connectivity index (χ4v) is 1.07. The fraction of sp³-hybridized carbons (Fsp3) is 0.143. The van der Waals surface area contributed by atoms with Gasteiger partial charge in [-0.3, -0.25) is 5.10 Å². The third-order valence-corrected chi connectivity index (χ3v) is 1.71. The second-order valence-corrected chi connectivity index (χ2v) is 2.52. The monoisotopic (exact) mass is 163 g/mol. The molecule has 0 spiro atoms. The molecule has 12 heavy (non-hydrogen) atoms. The van der Waals surface area contributed by atoms with Crippen LogP contribution in [0.5, 0.6) is 0 Å². The SMILES string of the molecule is NCc1ccc2c(N)[nH]nc2n1. The quantitative estimate of drug-likeness (QED) is 0.551. The Morgan fingerprint density at radius 1 is 1.42 bits per heavy atom. The van der Waals surface area contributed by atoms with E-state index in [1.54, 1.807) is 0 Å². The number of nitrogen functional groups attached to an aromatic ring is 1. The molecule has 0 fully saturated rings. The minimum atomic E-state index is 0.419. The lowest BCUT2D eigenvalue weighted by Gasteiger charge is -1.93. The van der Waals surface area contributed by atoms with Crippen LogP contribution in [0.4, 0.5) is 5.82 Å². The third kappa shape index (κ3) is 0.911. The van der Waals surface area contributed by atoms with E-state index in [2.05, 4.69) is 15.2 Å². The van der Waals surface area contributed by atoms with Crippen LogP contribution in [-0.2, 0) is 6.54 Å². The normalized spacial score (nSPS) is 10.8. The molecule has 2 aromatic heterocycles. The van der Waals surface area contributed by atoms with Crippen LogP contribution in [0.3, 0.4) is 0 Å². The van der Waals surface area contributed by atoms with Gasteiger partial charge in [-0.25, -0.2) is 4.98 Å². The highest BCUT2D eigenvalue weighted by Gasteiger charge is 2.02. The van der Waals surface area contributed by atoms with E-state index >= 15 is 0 Å². The van der Waals surface area contributed by atoms with E-state index in [1.165, 1.54) is 0 Å². The second kappa shape index (κ2) is 2.46. The van der Waals surface area contributed by atoms with Gasteiger partial charge in [-0.15, -0.1) is 0 Å². The van der Waals surface area contributed by atoms with E-state index in [9.17, 15) is 0 Å². The molecule has 0 aliphatic carbocycles. The van der Waals surface area contributed by atoms with E-state index in [1.807, 2.05) is 12.1 Å². The minimum Gasteiger partial charge on any atom is -0.384 e. The van der Waals surface area contributed by atoms with E-state index in [4.69, 9.17) is 11.5 Å². The molecule has 2 rings (SSSR count). The molecule has 0 saturated heterocycles. The van der Waals surface area contributed by atoms with Gasteiger partial charge in [-0.1, -0.05) is 0 Å². The number of hydrogen-bond donors (Lipinski definition) is 3. The van der Waals surface area contributed by atoms with Crippen molar-refractivity contribution < 1.29 is 0 Å². The summed E-state index contributed by atoms with van der Waals surface area (Å²) in [5.74, 6) is 0.543. The van der Waals surface area contributed by atoms with Crippen molar-refractivity contribution in [3.05, 3.63) is 17.8 Å². The Morgan fingerprint density at radius 2 is 2.25 bits per heavy atom. The van der Waals surface area contributed by atoms with Gasteiger partial charge in [0.25, 0.3) is 0 Å². The topological polar surface area (TPSA) is 93.6 Å². The molecule has 0 amide bonds. The number of pyridine rings is 1. The Hall–Kier alpha value is -1.62. The highest BCUT2D eigenvalue weighted by atomic mass is 15.2. The Morgan fingerprint density at radius 3 is 3.00 bits per heavy atom. The molecular formula is C7H9N5. The van der Waals surface area contributed by atoms with Gasteiger partial charge in [-0.2, -0.15) is 5.10 Å². The van der Waals surface area contributed by atoms with Crippen LogP contribution in [0.2, 0.25) is 0 Å². The number of aromatic amines is 1. The molecule has 2 aromatic rings. The van der Waals surface area contributed by atoms with Crippen molar-refractivity contribution in [2.24, 2.45) is 5.73 Å². The highest BCUT2D eigenvalue weighted by molar-refractivity contribution is 5.85. The highest BCUT2D eigenvalue weighted by Crippen LogP contribution is 2.15. The lowest BCUT2D eigenvalue weighted by Crippen LogP contribution is -1.98. The van der Waals surface area contributed by atoms with Crippen LogP contribution in [0.1, 0.15) is 5.69 Å². The van der Waals surface area contributed by atoms with Gasteiger partial charge in [0.1, 0.15) is 5.82 Å². The summed E-state index contributed by atoms with van der Waals surface area (Å²) >= 11 is 0. The van der Waals surface area contributed by atoms with Crippen LogP contribution < -0.4 is 11.5 Å². The van der Waals surface area contributed by atoms with Crippen LogP contribution in [0, 0.1) is 0 Å². The molecule has 0 unspecified atom stereocenters. The Kier molecular flexibility index (Phi) is 1.44. The predicted octanol–water partition coefficient (Wildman–Crippen LogP) is -0.00120. The molecule has 0 aromatic carbocycles. The molecular weight excluding hydrogens is 154 g/mol. The van der Waals surface area contributed by atoms with E-state index in [-0.39, 0.29) is 0 Å². The summed E-state index contributed by atoms with van der Waals surface area (Å²) in [6.07, 6.45) is 0. The molecule has 0 aliphatic heterocycles. The average Bonchev–Trinajstić information content (AvgIpc) is 2.47. The maximum Gasteiger partial charge on any atom is 0.183 e. The van der Waals surface area contributed by atoms with Gasteiger partial charge in [-0.05, 0) is 12.1 Å². The summed E-state index contributed by atoms with van der Waals surface area (Å²) in [6, 6.07) is 3.71. The van der Waals surface area contributed by atoms with E-state index in [0.717, 1.165) is 11.1 Å². The van der Waals surface area contributed by atoms with Gasteiger partial charge >= 0.3 is 0 Å². The Balaban J connectivity index is 2.69. The molecule has 0 radical (unpaired) electrons. The zero-order chi connectivity index (χ0) is 8.55. The summed E-state index contributed by atoms with van der Waals surface area (Å²) < 4.78 is 0. The van der Waals surface area contributed by atoms with Gasteiger partial charge in [0.2, 0.25) is 0 Å². The van der Waals surface area contributed by atoms with Crippen molar-refractivity contribution >= 4 is 16.9 Å². The summed E-state index contributed by atoms with van der Waals surface area (Å²) in [6.45, 7) is 0.419. The second-order valence-electron chi connectivity index (χ2n) is 2.52. The molecule has 0 saturated carbocycles. The number of nitrogens with one attached hydrogen (secondary N) is 1. The van der Waals surface area contributed by atoms with Crippen LogP contribution >= 0.6 is 0 Å². The van der Waals surface area contributed by atoms with Crippen molar-refractivity contribution in [1.29, 1.82) is 0 Å². The largest absolute Gasteiger partial charge is 0.384 e. The third-order valence-electron chi connectivity index (χ3n) is 1.71. The first-order chi connectivity index (χ1) is 5.81. The zero-order valence-corrected chi connectivity index (χ0v) is 6.41. The number of fused-ring (bicyclic) bond motifs is 1. The van der Waals surface area contributed by atoms with Gasteiger partial charge < -0.3 is 11.5 Å². The Bertz CT molecular complexity index is 405. The molecule has 5 N–H and O–H groups in total. The molecule has 0 aliphatic rings. The predicted molar refractivity (Wildman–Crippen MR) is 46.2 cm³/mol. The number of aromatic nitrogens is 3. The summed E-state index contributed by atoms with van der Waals surface area (Å²) in [7, 11) is 0. The molecule has 0 bridgehead atoms. The Labute approximate surface area is 68.8 Å². The summed E-state index contributed by atoms with van der Waals surface area (Å²) in [4.78, 5) is 4.17. The number of anilines is 1. The maximum absolute atomic E-state index is 5.58. The van der Waals surface area contributed by atoms with Gasteiger partial charge in [0.15, 0.2) is 5.65 Å².